The van der Waals surface area contributed by atoms with Crippen molar-refractivity contribution in [2.45, 2.75) is 16.2 Å². The number of nitrogens with zero attached hydrogens (tertiary/aromatic N) is 3. The number of benzene rings is 17. The van der Waals surface area contributed by atoms with Crippen LogP contribution in [0.3, 0.4) is 0 Å². The molecule has 3 nitrogen and oxygen atoms in total. The molecule has 2 aliphatic heterocycles. The van der Waals surface area contributed by atoms with Gasteiger partial charge in [-0.15, -0.1) is 0 Å². The molecule has 109 heavy (non-hydrogen) atoms. The highest BCUT2D eigenvalue weighted by molar-refractivity contribution is 7.00. The SMILES string of the molecule is c1ccc(-c2ccc3c(c2)B2c4cc5c(cc4N(c4ccc6c(c4)C4(c7ccccc7-c7ccccc74)c4ccccc4-6)c4cc(-n6c7ccccc7c7ccccc76)cc(c42)N3c2ccc3c(c2)C2(c4ccccc4-c4ccccc42)c2ccccc2-3)C2(c3ccccc3-c3ccccc32)c2ccccc2-5)cc1. The Bertz CT molecular complexity index is 6950. The highest BCUT2D eigenvalue weighted by Crippen LogP contribution is 2.68. The van der Waals surface area contributed by atoms with Gasteiger partial charge in [0.15, 0.2) is 0 Å². The fourth-order valence-corrected chi connectivity index (χ4v) is 22.7. The maximum Gasteiger partial charge on any atom is 0.252 e. The van der Waals surface area contributed by atoms with Gasteiger partial charge in [0.2, 0.25) is 0 Å². The van der Waals surface area contributed by atoms with E-state index in [-0.39, 0.29) is 6.71 Å². The third-order valence-corrected chi connectivity index (χ3v) is 26.6. The van der Waals surface area contributed by atoms with Crippen molar-refractivity contribution in [3.8, 4) is 83.6 Å². The average Bonchev–Trinajstić information content (AvgIpc) is 1.54. The van der Waals surface area contributed by atoms with Crippen molar-refractivity contribution >= 4 is 79.0 Å². The van der Waals surface area contributed by atoms with Crippen molar-refractivity contribution in [3.63, 3.8) is 0 Å². The molecular weight excluding hydrogens is 1310 g/mol. The van der Waals surface area contributed by atoms with Crippen molar-refractivity contribution in [2.75, 3.05) is 9.80 Å². The molecule has 6 aliphatic carbocycles. The highest BCUT2D eigenvalue weighted by Gasteiger charge is 2.57. The molecule has 0 unspecified atom stereocenters. The van der Waals surface area contributed by atoms with Crippen LogP contribution in [0.2, 0.25) is 0 Å². The van der Waals surface area contributed by atoms with Crippen LogP contribution < -0.4 is 26.2 Å². The second-order valence-electron chi connectivity index (χ2n) is 31.1. The number of para-hydroxylation sites is 2. The number of fused-ring (bicyclic) bond motifs is 37. The Morgan fingerprint density at radius 1 is 0.193 bits per heavy atom. The largest absolute Gasteiger partial charge is 0.311 e. The Morgan fingerprint density at radius 2 is 0.514 bits per heavy atom. The molecule has 0 atom stereocenters. The quantitative estimate of drug-likeness (QED) is 0.163. The molecule has 0 N–H and O–H groups in total. The minimum absolute atomic E-state index is 0.257. The summed E-state index contributed by atoms with van der Waals surface area (Å²) in [5, 5.41) is 2.44. The van der Waals surface area contributed by atoms with Crippen molar-refractivity contribution in [1.29, 1.82) is 0 Å². The predicted molar refractivity (Wildman–Crippen MR) is 449 cm³/mol. The van der Waals surface area contributed by atoms with Crippen molar-refractivity contribution in [3.05, 3.63) is 443 Å². The van der Waals surface area contributed by atoms with Crippen LogP contribution >= 0.6 is 0 Å². The van der Waals surface area contributed by atoms with E-state index in [9.17, 15) is 0 Å². The molecule has 8 aliphatic rings. The van der Waals surface area contributed by atoms with E-state index >= 15 is 0 Å². The smallest absolute Gasteiger partial charge is 0.252 e. The lowest BCUT2D eigenvalue weighted by atomic mass is 9.33. The van der Waals surface area contributed by atoms with Crippen LogP contribution in [0.25, 0.3) is 105 Å². The molecule has 0 saturated heterocycles. The number of hydrogen-bond acceptors (Lipinski definition) is 2. The number of anilines is 6. The average molecular weight is 1380 g/mol. The maximum atomic E-state index is 2.75. The van der Waals surface area contributed by atoms with Gasteiger partial charge in [-0.25, -0.2) is 0 Å². The summed E-state index contributed by atoms with van der Waals surface area (Å²) in [6.45, 7) is -0.257. The number of aromatic nitrogens is 1. The van der Waals surface area contributed by atoms with Crippen LogP contribution in [0.5, 0.6) is 0 Å². The van der Waals surface area contributed by atoms with Crippen LogP contribution in [0.4, 0.5) is 34.1 Å². The van der Waals surface area contributed by atoms with Crippen LogP contribution in [-0.4, -0.2) is 11.3 Å². The molecule has 0 bridgehead atoms. The normalized spacial score (nSPS) is 15.0. The summed E-state index contributed by atoms with van der Waals surface area (Å²) in [7, 11) is 0. The van der Waals surface area contributed by atoms with Gasteiger partial charge >= 0.3 is 0 Å². The topological polar surface area (TPSA) is 11.4 Å². The fourth-order valence-electron chi connectivity index (χ4n) is 22.7. The van der Waals surface area contributed by atoms with Gasteiger partial charge in [0, 0.05) is 44.9 Å². The van der Waals surface area contributed by atoms with E-state index in [1.165, 1.54) is 177 Å². The summed E-state index contributed by atoms with van der Waals surface area (Å²) in [4.78, 5) is 5.44. The minimum atomic E-state index is -0.621. The summed E-state index contributed by atoms with van der Waals surface area (Å²) in [5.41, 5.74) is 45.8. The standard InChI is InChI=1S/C105H62BN3/c1-2-26-63(27-3-1)64-50-55-98-94(56-64)106-95-61-81-76-36-12-23-47-90(76)105(86-43-19-8-32-72(86)73-33-9-20-44-87(73)105)93(81)62-99(95)108(66-52-54-78-75-35-11-22-46-89(75)104(92(78)58-66)84-41-17-6-30-70(84)71-31-7-18-42-85(71)104)101-60-67(109-96-48-24-13-37-79(96)80-38-14-25-49-97(80)109)59-100(102(101)106)107(98)65-51-53-77-74-34-10-21-45-88(74)103(91(77)57-65)82-39-15-4-28-68(82)69-29-5-16-40-83(69)103/h1-62H. The van der Waals surface area contributed by atoms with Crippen LogP contribution in [0, 0.1) is 0 Å². The summed E-state index contributed by atoms with van der Waals surface area (Å²) in [6.07, 6.45) is 0. The molecule has 0 fully saturated rings. The Balaban J connectivity index is 0.824. The fraction of sp³-hybridized carbons (Fsp3) is 0.0286. The molecule has 0 radical (unpaired) electrons. The molecule has 4 heteroatoms. The molecule has 1 aromatic heterocycles. The zero-order valence-electron chi connectivity index (χ0n) is 59.2. The maximum absolute atomic E-state index is 2.75. The molecule has 0 saturated carbocycles. The lowest BCUT2D eigenvalue weighted by Crippen LogP contribution is -2.61. The zero-order valence-corrected chi connectivity index (χ0v) is 59.2. The highest BCUT2D eigenvalue weighted by atomic mass is 15.2. The van der Waals surface area contributed by atoms with Gasteiger partial charge in [-0.2, -0.15) is 0 Å². The van der Waals surface area contributed by atoms with Crippen LogP contribution in [0.15, 0.2) is 376 Å². The van der Waals surface area contributed by atoms with E-state index in [0.717, 1.165) is 45.2 Å². The first kappa shape index (κ1) is 58.5. The first-order valence-corrected chi connectivity index (χ1v) is 38.4. The third kappa shape index (κ3) is 7.00. The second-order valence-corrected chi connectivity index (χ2v) is 31.1. The van der Waals surface area contributed by atoms with Crippen LogP contribution in [-0.2, 0) is 16.2 Å². The lowest BCUT2D eigenvalue weighted by Gasteiger charge is -2.45. The Labute approximate surface area is 631 Å². The molecule has 500 valence electrons. The minimum Gasteiger partial charge on any atom is -0.311 e. The van der Waals surface area contributed by atoms with E-state index < -0.39 is 16.2 Å². The van der Waals surface area contributed by atoms with Crippen molar-refractivity contribution < 1.29 is 0 Å². The summed E-state index contributed by atoms with van der Waals surface area (Å²) in [6, 6.07) is 146. The second kappa shape index (κ2) is 20.8. The predicted octanol–water partition coefficient (Wildman–Crippen LogP) is 23.6. The molecule has 17 aromatic carbocycles. The summed E-state index contributed by atoms with van der Waals surface area (Å²) >= 11 is 0. The lowest BCUT2D eigenvalue weighted by molar-refractivity contribution is 0.792. The first-order valence-electron chi connectivity index (χ1n) is 38.4. The zero-order chi connectivity index (χ0) is 70.7. The Hall–Kier alpha value is -13.8. The molecular formula is C105H62BN3. The summed E-state index contributed by atoms with van der Waals surface area (Å²) in [5.74, 6) is 0. The van der Waals surface area contributed by atoms with E-state index in [0.29, 0.717) is 0 Å². The van der Waals surface area contributed by atoms with E-state index in [4.69, 9.17) is 0 Å². The van der Waals surface area contributed by atoms with Gasteiger partial charge in [-0.1, -0.05) is 315 Å². The van der Waals surface area contributed by atoms with Crippen molar-refractivity contribution in [1.82, 2.24) is 4.57 Å². The molecule has 26 rings (SSSR count). The van der Waals surface area contributed by atoms with E-state index in [1.54, 1.807) is 0 Å². The van der Waals surface area contributed by atoms with Gasteiger partial charge < -0.3 is 14.4 Å². The number of hydrogen-bond donors (Lipinski definition) is 0. The third-order valence-electron chi connectivity index (χ3n) is 26.6. The monoisotopic (exact) mass is 1380 g/mol. The summed E-state index contributed by atoms with van der Waals surface area (Å²) < 4.78 is 2.57. The molecule has 0 amide bonds. The molecule has 3 spiro atoms. The van der Waals surface area contributed by atoms with Gasteiger partial charge in [0.05, 0.1) is 33.0 Å². The molecule has 3 heterocycles. The van der Waals surface area contributed by atoms with E-state index in [1.807, 2.05) is 0 Å². The van der Waals surface area contributed by atoms with E-state index in [2.05, 4.69) is 390 Å². The first-order chi connectivity index (χ1) is 54.1. The molecule has 18 aromatic rings. The Morgan fingerprint density at radius 3 is 0.917 bits per heavy atom. The van der Waals surface area contributed by atoms with Gasteiger partial charge in [0.25, 0.3) is 6.71 Å². The van der Waals surface area contributed by atoms with Gasteiger partial charge in [-0.05, 0) is 222 Å². The van der Waals surface area contributed by atoms with Gasteiger partial charge in [0.1, 0.15) is 0 Å². The van der Waals surface area contributed by atoms with Gasteiger partial charge in [-0.3, -0.25) is 0 Å². The Kier molecular flexibility index (Phi) is 11.2. The van der Waals surface area contributed by atoms with Crippen molar-refractivity contribution in [2.24, 2.45) is 0 Å². The number of rotatable bonds is 4. The van der Waals surface area contributed by atoms with Crippen LogP contribution in [0.1, 0.15) is 66.8 Å².